The van der Waals surface area contributed by atoms with E-state index in [1.165, 1.54) is 11.8 Å². The van der Waals surface area contributed by atoms with Gasteiger partial charge in [-0.05, 0) is 18.2 Å². The predicted molar refractivity (Wildman–Crippen MR) is 100 cm³/mol. The molecule has 0 aliphatic rings. The minimum absolute atomic E-state index is 0.155. The highest BCUT2D eigenvalue weighted by molar-refractivity contribution is 9.10. The van der Waals surface area contributed by atoms with E-state index in [1.807, 2.05) is 48.5 Å². The minimum atomic E-state index is -0.155. The topological polar surface area (TPSA) is 54.4 Å². The second-order valence-electron chi connectivity index (χ2n) is 4.55. The van der Waals surface area contributed by atoms with Crippen LogP contribution in [0.25, 0.3) is 10.2 Å². The average molecular weight is 406 g/mol. The van der Waals surface area contributed by atoms with Gasteiger partial charge in [-0.2, -0.15) is 5.10 Å². The molecule has 1 N–H and O–H groups in total. The lowest BCUT2D eigenvalue weighted by molar-refractivity contribution is -0.118. The maximum atomic E-state index is 11.8. The molecule has 2 aromatic carbocycles. The van der Waals surface area contributed by atoms with Crippen molar-refractivity contribution in [3.8, 4) is 0 Å². The van der Waals surface area contributed by atoms with E-state index in [2.05, 4.69) is 31.4 Å². The van der Waals surface area contributed by atoms with E-state index in [0.717, 1.165) is 24.6 Å². The van der Waals surface area contributed by atoms with Crippen molar-refractivity contribution in [2.45, 2.75) is 4.34 Å². The molecule has 0 saturated heterocycles. The van der Waals surface area contributed by atoms with Crippen molar-refractivity contribution in [3.63, 3.8) is 0 Å². The lowest BCUT2D eigenvalue weighted by Crippen LogP contribution is -2.19. The maximum Gasteiger partial charge on any atom is 0.250 e. The fourth-order valence-corrected chi connectivity index (χ4v) is 4.07. The number of thioether (sulfide) groups is 1. The number of hydrogen-bond donors (Lipinski definition) is 1. The smallest absolute Gasteiger partial charge is 0.250 e. The SMILES string of the molecule is O=C(CSc1nc2ccccc2s1)N/N=C/c1ccccc1Br. The van der Waals surface area contributed by atoms with Crippen LogP contribution < -0.4 is 5.43 Å². The largest absolute Gasteiger partial charge is 0.272 e. The van der Waals surface area contributed by atoms with Crippen LogP contribution in [0.1, 0.15) is 5.56 Å². The van der Waals surface area contributed by atoms with Gasteiger partial charge < -0.3 is 0 Å². The molecule has 116 valence electrons. The Morgan fingerprint density at radius 3 is 2.87 bits per heavy atom. The van der Waals surface area contributed by atoms with Gasteiger partial charge in [0.2, 0.25) is 0 Å². The van der Waals surface area contributed by atoms with Gasteiger partial charge in [0, 0.05) is 10.0 Å². The summed E-state index contributed by atoms with van der Waals surface area (Å²) in [6.45, 7) is 0. The summed E-state index contributed by atoms with van der Waals surface area (Å²) in [4.78, 5) is 16.3. The van der Waals surface area contributed by atoms with Crippen molar-refractivity contribution in [1.29, 1.82) is 0 Å². The third-order valence-corrected chi connectivity index (χ3v) is 5.80. The summed E-state index contributed by atoms with van der Waals surface area (Å²) < 4.78 is 2.94. The van der Waals surface area contributed by atoms with Crippen molar-refractivity contribution in [2.75, 3.05) is 5.75 Å². The molecule has 0 bridgehead atoms. The number of aromatic nitrogens is 1. The van der Waals surface area contributed by atoms with Gasteiger partial charge in [-0.1, -0.05) is 58.0 Å². The second kappa shape index (κ2) is 7.72. The van der Waals surface area contributed by atoms with E-state index in [-0.39, 0.29) is 11.7 Å². The van der Waals surface area contributed by atoms with Crippen molar-refractivity contribution < 1.29 is 4.79 Å². The van der Waals surface area contributed by atoms with Gasteiger partial charge in [0.05, 0.1) is 22.2 Å². The zero-order valence-electron chi connectivity index (χ0n) is 11.9. The van der Waals surface area contributed by atoms with Crippen molar-refractivity contribution in [1.82, 2.24) is 10.4 Å². The number of para-hydroxylation sites is 1. The summed E-state index contributed by atoms with van der Waals surface area (Å²) >= 11 is 6.43. The molecule has 0 saturated carbocycles. The number of nitrogens with one attached hydrogen (secondary N) is 1. The predicted octanol–water partition coefficient (Wildman–Crippen LogP) is 4.30. The van der Waals surface area contributed by atoms with Gasteiger partial charge in [-0.3, -0.25) is 4.79 Å². The van der Waals surface area contributed by atoms with Gasteiger partial charge in [-0.25, -0.2) is 10.4 Å². The Labute approximate surface area is 150 Å². The van der Waals surface area contributed by atoms with Crippen molar-refractivity contribution in [3.05, 3.63) is 58.6 Å². The van der Waals surface area contributed by atoms with Crippen LogP contribution in [0.4, 0.5) is 0 Å². The number of fused-ring (bicyclic) bond motifs is 1. The molecule has 0 radical (unpaired) electrons. The average Bonchev–Trinajstić information content (AvgIpc) is 2.98. The van der Waals surface area contributed by atoms with E-state index in [0.29, 0.717) is 0 Å². The van der Waals surface area contributed by atoms with Crippen LogP contribution in [0.15, 0.2) is 62.4 Å². The number of nitrogens with zero attached hydrogens (tertiary/aromatic N) is 2. The maximum absolute atomic E-state index is 11.8. The van der Waals surface area contributed by atoms with Gasteiger partial charge in [0.25, 0.3) is 5.91 Å². The first-order valence-corrected chi connectivity index (χ1v) is 9.37. The quantitative estimate of drug-likeness (QED) is 0.391. The summed E-state index contributed by atoms with van der Waals surface area (Å²) in [7, 11) is 0. The number of thiazole rings is 1. The molecule has 0 spiro atoms. The fraction of sp³-hybridized carbons (Fsp3) is 0.0625. The van der Waals surface area contributed by atoms with E-state index >= 15 is 0 Å². The van der Waals surface area contributed by atoms with Crippen LogP contribution in [0.5, 0.6) is 0 Å². The standard InChI is InChI=1S/C16H12BrN3OS2/c17-12-6-2-1-5-11(12)9-18-20-15(21)10-22-16-19-13-7-3-4-8-14(13)23-16/h1-9H,10H2,(H,20,21)/b18-9+. The number of halogens is 1. The monoisotopic (exact) mass is 405 g/mol. The zero-order chi connectivity index (χ0) is 16.1. The minimum Gasteiger partial charge on any atom is -0.272 e. The molecule has 1 heterocycles. The van der Waals surface area contributed by atoms with Gasteiger partial charge in [0.1, 0.15) is 0 Å². The van der Waals surface area contributed by atoms with Crippen LogP contribution in [-0.2, 0) is 4.79 Å². The third-order valence-electron chi connectivity index (χ3n) is 2.90. The number of hydrogen-bond acceptors (Lipinski definition) is 5. The number of hydrazone groups is 1. The molecule has 1 aromatic heterocycles. The molecule has 0 aliphatic heterocycles. The molecular formula is C16H12BrN3OS2. The molecule has 0 aliphatic carbocycles. The Morgan fingerprint density at radius 2 is 2.04 bits per heavy atom. The first-order valence-electron chi connectivity index (χ1n) is 6.77. The molecule has 1 amide bonds. The Hall–Kier alpha value is -1.70. The highest BCUT2D eigenvalue weighted by Crippen LogP contribution is 2.28. The van der Waals surface area contributed by atoms with Gasteiger partial charge in [0.15, 0.2) is 4.34 Å². The lowest BCUT2D eigenvalue weighted by Gasteiger charge is -1.99. The van der Waals surface area contributed by atoms with E-state index in [4.69, 9.17) is 0 Å². The Kier molecular flexibility index (Phi) is 5.43. The summed E-state index contributed by atoms with van der Waals surface area (Å²) in [5, 5.41) is 3.97. The van der Waals surface area contributed by atoms with Crippen molar-refractivity contribution >= 4 is 61.4 Å². The molecule has 4 nitrogen and oxygen atoms in total. The molecule has 0 atom stereocenters. The van der Waals surface area contributed by atoms with Crippen LogP contribution in [0.3, 0.4) is 0 Å². The second-order valence-corrected chi connectivity index (χ2v) is 7.66. The van der Waals surface area contributed by atoms with Crippen LogP contribution >= 0.6 is 39.0 Å². The van der Waals surface area contributed by atoms with Gasteiger partial charge in [-0.15, -0.1) is 11.3 Å². The number of rotatable bonds is 5. The molecule has 7 heteroatoms. The molecule has 3 rings (SSSR count). The van der Waals surface area contributed by atoms with E-state index in [9.17, 15) is 4.79 Å². The fourth-order valence-electron chi connectivity index (χ4n) is 1.83. The van der Waals surface area contributed by atoms with Crippen LogP contribution in [0, 0.1) is 0 Å². The number of carbonyl (C=O) groups excluding carboxylic acids is 1. The summed E-state index contributed by atoms with van der Waals surface area (Å²) in [6.07, 6.45) is 1.62. The molecule has 0 unspecified atom stereocenters. The summed E-state index contributed by atoms with van der Waals surface area (Å²) in [6, 6.07) is 15.6. The Bertz CT molecular complexity index is 830. The van der Waals surface area contributed by atoms with Crippen LogP contribution in [-0.4, -0.2) is 22.9 Å². The van der Waals surface area contributed by atoms with Crippen LogP contribution in [0.2, 0.25) is 0 Å². The van der Waals surface area contributed by atoms with Crippen molar-refractivity contribution in [2.24, 2.45) is 5.10 Å². The third kappa shape index (κ3) is 4.40. The Balaban J connectivity index is 1.52. The first-order chi connectivity index (χ1) is 11.2. The van der Waals surface area contributed by atoms with E-state index < -0.39 is 0 Å². The summed E-state index contributed by atoms with van der Waals surface area (Å²) in [5.41, 5.74) is 4.40. The number of amides is 1. The highest BCUT2D eigenvalue weighted by Gasteiger charge is 2.06. The highest BCUT2D eigenvalue weighted by atomic mass is 79.9. The first kappa shape index (κ1) is 16.2. The molecular weight excluding hydrogens is 394 g/mol. The summed E-state index contributed by atoms with van der Waals surface area (Å²) in [5.74, 6) is 0.130. The lowest BCUT2D eigenvalue weighted by atomic mass is 10.2. The molecule has 23 heavy (non-hydrogen) atoms. The normalized spacial score (nSPS) is 11.2. The Morgan fingerprint density at radius 1 is 1.26 bits per heavy atom. The molecule has 3 aromatic rings. The zero-order valence-corrected chi connectivity index (χ0v) is 15.1. The number of benzene rings is 2. The number of carbonyl (C=O) groups is 1. The van der Waals surface area contributed by atoms with Gasteiger partial charge >= 0.3 is 0 Å². The molecule has 0 fully saturated rings. The van der Waals surface area contributed by atoms with E-state index in [1.54, 1.807) is 17.6 Å².